The van der Waals surface area contributed by atoms with Gasteiger partial charge in [-0.25, -0.2) is 0 Å². The van der Waals surface area contributed by atoms with Crippen LogP contribution in [0.25, 0.3) is 0 Å². The molecular weight excluding hydrogens is 334 g/mol. The van der Waals surface area contributed by atoms with Gasteiger partial charge in [-0.2, -0.15) is 5.10 Å². The molecule has 0 atom stereocenters. The van der Waals surface area contributed by atoms with E-state index in [0.717, 1.165) is 21.9 Å². The quantitative estimate of drug-likeness (QED) is 0.487. The summed E-state index contributed by atoms with van der Waals surface area (Å²) in [5.74, 6) is -0.483. The average Bonchev–Trinajstić information content (AvgIpc) is 3.03. The molecule has 0 amide bonds. The lowest BCUT2D eigenvalue weighted by atomic mass is 10.3. The number of nitrogens with one attached hydrogen (secondary N) is 2. The van der Waals surface area contributed by atoms with Crippen LogP contribution in [0.5, 0.6) is 5.75 Å². The van der Waals surface area contributed by atoms with Gasteiger partial charge in [0.2, 0.25) is 0 Å². The van der Waals surface area contributed by atoms with Gasteiger partial charge in [-0.05, 0) is 43.4 Å². The maximum absolute atomic E-state index is 10.8. The van der Waals surface area contributed by atoms with Crippen LogP contribution in [0.1, 0.15) is 21.5 Å². The molecular formula is C15H14N3O3S2-. The molecule has 0 bridgehead atoms. The lowest BCUT2D eigenvalue weighted by Crippen LogP contribution is -2.24. The summed E-state index contributed by atoms with van der Waals surface area (Å²) in [6, 6.07) is 10.5. The first-order valence-electron chi connectivity index (χ1n) is 6.56. The minimum Gasteiger partial charge on any atom is -0.544 e. The molecule has 2 rings (SSSR count). The Labute approximate surface area is 142 Å². The molecule has 6 nitrogen and oxygen atoms in total. The highest BCUT2D eigenvalue weighted by atomic mass is 32.1. The number of hydrazone groups is 1. The van der Waals surface area contributed by atoms with E-state index in [4.69, 9.17) is 17.0 Å². The number of hydrogen-bond acceptors (Lipinski definition) is 6. The maximum atomic E-state index is 10.8. The minimum absolute atomic E-state index is 0.159. The first-order chi connectivity index (χ1) is 11.0. The molecule has 0 unspecified atom stereocenters. The number of carboxylic acids is 1. The fourth-order valence-corrected chi connectivity index (χ4v) is 2.64. The van der Waals surface area contributed by atoms with E-state index in [-0.39, 0.29) is 4.88 Å². The predicted octanol–water partition coefficient (Wildman–Crippen LogP) is 1.83. The topological polar surface area (TPSA) is 85.8 Å². The highest BCUT2D eigenvalue weighted by Crippen LogP contribution is 2.17. The van der Waals surface area contributed by atoms with Crippen molar-refractivity contribution in [2.75, 3.05) is 12.4 Å². The van der Waals surface area contributed by atoms with E-state index < -0.39 is 5.97 Å². The fourth-order valence-electron chi connectivity index (χ4n) is 1.69. The van der Waals surface area contributed by atoms with Crippen LogP contribution in [0.4, 0.5) is 5.69 Å². The second kappa shape index (κ2) is 7.70. The van der Waals surface area contributed by atoms with Crippen molar-refractivity contribution in [3.63, 3.8) is 0 Å². The van der Waals surface area contributed by atoms with Gasteiger partial charge in [-0.15, -0.1) is 11.3 Å². The van der Waals surface area contributed by atoms with E-state index in [1.54, 1.807) is 26.2 Å². The third-order valence-electron chi connectivity index (χ3n) is 2.82. The Balaban J connectivity index is 1.97. The Morgan fingerprint density at radius 3 is 2.70 bits per heavy atom. The minimum atomic E-state index is -1.20. The third kappa shape index (κ3) is 4.76. The van der Waals surface area contributed by atoms with Gasteiger partial charge in [-0.3, -0.25) is 5.43 Å². The number of benzene rings is 1. The van der Waals surface area contributed by atoms with Gasteiger partial charge in [0.15, 0.2) is 5.11 Å². The Morgan fingerprint density at radius 1 is 1.30 bits per heavy atom. The van der Waals surface area contributed by atoms with Crippen LogP contribution in [-0.4, -0.2) is 23.9 Å². The molecule has 0 fully saturated rings. The maximum Gasteiger partial charge on any atom is 0.191 e. The Kier molecular flexibility index (Phi) is 5.67. The van der Waals surface area contributed by atoms with Gasteiger partial charge >= 0.3 is 0 Å². The smallest absolute Gasteiger partial charge is 0.191 e. The van der Waals surface area contributed by atoms with Crippen molar-refractivity contribution < 1.29 is 14.6 Å². The Bertz CT molecular complexity index is 756. The van der Waals surface area contributed by atoms with Crippen molar-refractivity contribution >= 4 is 46.0 Å². The fraction of sp³-hybridized carbons (Fsp3) is 0.133. The van der Waals surface area contributed by atoms with Crippen LogP contribution in [0, 0.1) is 0 Å². The first-order valence-corrected chi connectivity index (χ1v) is 7.79. The lowest BCUT2D eigenvalue weighted by molar-refractivity contribution is -0.254. The molecule has 120 valence electrons. The van der Waals surface area contributed by atoms with Crippen molar-refractivity contribution in [1.82, 2.24) is 5.43 Å². The number of ether oxygens (including phenoxy) is 1. The van der Waals surface area contributed by atoms with Crippen molar-refractivity contribution in [3.8, 4) is 5.75 Å². The Hall–Kier alpha value is -2.45. The molecule has 1 aromatic heterocycles. The van der Waals surface area contributed by atoms with Gasteiger partial charge in [0.05, 0.1) is 28.5 Å². The van der Waals surface area contributed by atoms with E-state index in [2.05, 4.69) is 15.8 Å². The summed E-state index contributed by atoms with van der Waals surface area (Å²) in [4.78, 5) is 11.6. The van der Waals surface area contributed by atoms with Crippen LogP contribution in [0.15, 0.2) is 41.5 Å². The summed E-state index contributed by atoms with van der Waals surface area (Å²) in [5, 5.41) is 18.2. The number of carbonyl (C=O) groups is 1. The normalized spacial score (nSPS) is 11.0. The second-order valence-electron chi connectivity index (χ2n) is 4.45. The standard InChI is InChI=1S/C15H15N3O3S2/c1-9(12-6-7-13(23-12)14(19)20)17-18-15(22)16-10-4-3-5-11(8-10)21-2/h3-8H,1-2H3,(H,19,20)(H2,16,18,22)/p-1/b17-9-. The highest BCUT2D eigenvalue weighted by Gasteiger charge is 2.04. The van der Waals surface area contributed by atoms with Crippen LogP contribution >= 0.6 is 23.6 Å². The SMILES string of the molecule is COc1cccc(NC(=S)N/N=C(/C)c2ccc(C(=O)[O-])s2)c1. The number of aromatic carboxylic acids is 1. The van der Waals surface area contributed by atoms with E-state index in [9.17, 15) is 9.90 Å². The van der Waals surface area contributed by atoms with E-state index in [1.165, 1.54) is 6.07 Å². The molecule has 8 heteroatoms. The van der Waals surface area contributed by atoms with Gasteiger partial charge in [-0.1, -0.05) is 6.07 Å². The van der Waals surface area contributed by atoms with Gasteiger partial charge in [0.1, 0.15) is 5.75 Å². The number of carboxylic acid groups (broad SMARTS) is 1. The van der Waals surface area contributed by atoms with E-state index in [1.807, 2.05) is 18.2 Å². The van der Waals surface area contributed by atoms with Crippen LogP contribution in [-0.2, 0) is 0 Å². The molecule has 0 saturated carbocycles. The third-order valence-corrected chi connectivity index (χ3v) is 4.18. The molecule has 0 saturated heterocycles. The van der Waals surface area contributed by atoms with Gasteiger partial charge in [0, 0.05) is 11.8 Å². The zero-order valence-electron chi connectivity index (χ0n) is 12.5. The average molecular weight is 348 g/mol. The lowest BCUT2D eigenvalue weighted by Gasteiger charge is -2.09. The van der Waals surface area contributed by atoms with E-state index in [0.29, 0.717) is 16.6 Å². The number of anilines is 1. The number of thiocarbonyl (C=S) groups is 1. The molecule has 1 heterocycles. The molecule has 0 aliphatic heterocycles. The Morgan fingerprint density at radius 2 is 2.04 bits per heavy atom. The summed E-state index contributed by atoms with van der Waals surface area (Å²) < 4.78 is 5.13. The number of rotatable bonds is 5. The molecule has 2 aromatic rings. The van der Waals surface area contributed by atoms with E-state index >= 15 is 0 Å². The number of hydrogen-bond donors (Lipinski definition) is 2. The summed E-state index contributed by atoms with van der Waals surface area (Å²) in [5.41, 5.74) is 4.11. The summed E-state index contributed by atoms with van der Waals surface area (Å²) in [6.45, 7) is 1.76. The zero-order chi connectivity index (χ0) is 16.8. The number of nitrogens with zero attached hydrogens (tertiary/aromatic N) is 1. The largest absolute Gasteiger partial charge is 0.544 e. The molecule has 2 N–H and O–H groups in total. The number of carbonyl (C=O) groups excluding carboxylic acids is 1. The number of methoxy groups -OCH3 is 1. The molecule has 0 aliphatic carbocycles. The van der Waals surface area contributed by atoms with Crippen LogP contribution in [0.3, 0.4) is 0 Å². The van der Waals surface area contributed by atoms with Crippen LogP contribution < -0.4 is 20.6 Å². The van der Waals surface area contributed by atoms with Crippen molar-refractivity contribution in [3.05, 3.63) is 46.2 Å². The molecule has 0 spiro atoms. The highest BCUT2D eigenvalue weighted by molar-refractivity contribution is 7.80. The summed E-state index contributed by atoms with van der Waals surface area (Å²) in [6.07, 6.45) is 0. The first kappa shape index (κ1) is 16.9. The van der Waals surface area contributed by atoms with Gasteiger partial charge in [0.25, 0.3) is 0 Å². The number of thiophene rings is 1. The second-order valence-corrected chi connectivity index (χ2v) is 5.94. The van der Waals surface area contributed by atoms with Crippen molar-refractivity contribution in [2.24, 2.45) is 5.10 Å². The molecule has 0 radical (unpaired) electrons. The monoisotopic (exact) mass is 348 g/mol. The summed E-state index contributed by atoms with van der Waals surface area (Å²) >= 11 is 6.26. The zero-order valence-corrected chi connectivity index (χ0v) is 14.1. The van der Waals surface area contributed by atoms with Gasteiger partial charge < -0.3 is 20.0 Å². The predicted molar refractivity (Wildman–Crippen MR) is 93.2 cm³/mol. The molecule has 23 heavy (non-hydrogen) atoms. The van der Waals surface area contributed by atoms with Crippen molar-refractivity contribution in [1.29, 1.82) is 0 Å². The van der Waals surface area contributed by atoms with Crippen molar-refractivity contribution in [2.45, 2.75) is 6.92 Å². The van der Waals surface area contributed by atoms with Crippen LogP contribution in [0.2, 0.25) is 0 Å². The molecule has 1 aromatic carbocycles. The summed E-state index contributed by atoms with van der Waals surface area (Å²) in [7, 11) is 1.59. The molecule has 0 aliphatic rings.